The topological polar surface area (TPSA) is 18.5 Å². The zero-order chi connectivity index (χ0) is 9.07. The lowest BCUT2D eigenvalue weighted by Gasteiger charge is -2.00. The summed E-state index contributed by atoms with van der Waals surface area (Å²) >= 11 is 0. The van der Waals surface area contributed by atoms with Crippen LogP contribution in [0.1, 0.15) is 26.7 Å². The average Bonchev–Trinajstić information content (AvgIpc) is 2.10. The van der Waals surface area contributed by atoms with Gasteiger partial charge in [-0.3, -0.25) is 0 Å². The van der Waals surface area contributed by atoms with Crippen LogP contribution in [0.2, 0.25) is 0 Å². The summed E-state index contributed by atoms with van der Waals surface area (Å²) in [7, 11) is 0. The van der Waals surface area contributed by atoms with Crippen molar-refractivity contribution in [1.82, 2.24) is 0 Å². The van der Waals surface area contributed by atoms with E-state index in [1.54, 1.807) is 12.5 Å². The van der Waals surface area contributed by atoms with Crippen molar-refractivity contribution in [3.8, 4) is 0 Å². The van der Waals surface area contributed by atoms with Crippen molar-refractivity contribution in [2.24, 2.45) is 0 Å². The van der Waals surface area contributed by atoms with Crippen LogP contribution in [0.4, 0.5) is 0 Å². The van der Waals surface area contributed by atoms with E-state index >= 15 is 0 Å². The molecule has 0 aromatic carbocycles. The molecule has 12 heavy (non-hydrogen) atoms. The lowest BCUT2D eigenvalue weighted by Crippen LogP contribution is -1.92. The fraction of sp³-hybridized carbons (Fsp3) is 0.600. The molecule has 0 atom stereocenters. The van der Waals surface area contributed by atoms with E-state index in [1.807, 2.05) is 26.0 Å². The molecule has 0 aliphatic rings. The van der Waals surface area contributed by atoms with Gasteiger partial charge in [0, 0.05) is 0 Å². The van der Waals surface area contributed by atoms with E-state index in [4.69, 9.17) is 9.47 Å². The molecule has 0 saturated carbocycles. The Morgan fingerprint density at radius 3 is 1.58 bits per heavy atom. The van der Waals surface area contributed by atoms with Gasteiger partial charge in [-0.15, -0.1) is 0 Å². The van der Waals surface area contributed by atoms with Gasteiger partial charge in [0.2, 0.25) is 0 Å². The molecule has 0 aromatic heterocycles. The molecule has 0 N–H and O–H groups in total. The van der Waals surface area contributed by atoms with Crippen LogP contribution in [-0.2, 0) is 9.47 Å². The molecule has 70 valence electrons. The van der Waals surface area contributed by atoms with E-state index in [2.05, 4.69) is 0 Å². The first-order valence-electron chi connectivity index (χ1n) is 4.37. The Balaban J connectivity index is 2.91. The predicted molar refractivity (Wildman–Crippen MR) is 50.8 cm³/mol. The highest BCUT2D eigenvalue weighted by Gasteiger charge is 1.86. The highest BCUT2D eigenvalue weighted by atomic mass is 16.5. The second-order valence-corrected chi connectivity index (χ2v) is 2.39. The quantitative estimate of drug-likeness (QED) is 0.432. The lowest BCUT2D eigenvalue weighted by atomic mass is 10.3. The third-order valence-electron chi connectivity index (χ3n) is 1.24. The summed E-state index contributed by atoms with van der Waals surface area (Å²) in [6.07, 6.45) is 9.29. The van der Waals surface area contributed by atoms with Gasteiger partial charge >= 0.3 is 0 Å². The maximum atomic E-state index is 5.14. The van der Waals surface area contributed by atoms with Gasteiger partial charge in [-0.1, -0.05) is 12.2 Å². The van der Waals surface area contributed by atoms with Gasteiger partial charge in [0.05, 0.1) is 25.7 Å². The van der Waals surface area contributed by atoms with E-state index in [1.165, 1.54) is 0 Å². The fourth-order valence-corrected chi connectivity index (χ4v) is 0.699. The average molecular weight is 170 g/mol. The molecule has 0 aliphatic carbocycles. The van der Waals surface area contributed by atoms with Crippen molar-refractivity contribution in [1.29, 1.82) is 0 Å². The first-order chi connectivity index (χ1) is 5.91. The van der Waals surface area contributed by atoms with Crippen LogP contribution >= 0.6 is 0 Å². The number of rotatable bonds is 7. The molecule has 2 heteroatoms. The molecular formula is C10H18O2. The van der Waals surface area contributed by atoms with Gasteiger partial charge in [-0.05, 0) is 26.7 Å². The highest BCUT2D eigenvalue weighted by molar-refractivity contribution is 4.65. The van der Waals surface area contributed by atoms with Gasteiger partial charge in [0.1, 0.15) is 0 Å². The third kappa shape index (κ3) is 9.08. The zero-order valence-electron chi connectivity index (χ0n) is 7.95. The van der Waals surface area contributed by atoms with Crippen molar-refractivity contribution >= 4 is 0 Å². The molecule has 0 rings (SSSR count). The van der Waals surface area contributed by atoms with Crippen LogP contribution in [0, 0.1) is 0 Å². The van der Waals surface area contributed by atoms with Gasteiger partial charge in [0.25, 0.3) is 0 Å². The molecule has 0 aromatic rings. The van der Waals surface area contributed by atoms with Gasteiger partial charge in [-0.2, -0.15) is 0 Å². The van der Waals surface area contributed by atoms with Crippen LogP contribution in [0.15, 0.2) is 24.7 Å². The van der Waals surface area contributed by atoms with E-state index in [9.17, 15) is 0 Å². The summed E-state index contributed by atoms with van der Waals surface area (Å²) in [6.45, 7) is 5.44. The van der Waals surface area contributed by atoms with Crippen LogP contribution in [0.5, 0.6) is 0 Å². The fourth-order valence-electron chi connectivity index (χ4n) is 0.699. The monoisotopic (exact) mass is 170 g/mol. The summed E-state index contributed by atoms with van der Waals surface area (Å²) in [5.41, 5.74) is 0. The highest BCUT2D eigenvalue weighted by Crippen LogP contribution is 1.92. The number of hydrogen-bond donors (Lipinski definition) is 0. The molecule has 0 bridgehead atoms. The number of ether oxygens (including phenoxy) is 2. The van der Waals surface area contributed by atoms with E-state index in [0.717, 1.165) is 26.1 Å². The largest absolute Gasteiger partial charge is 0.502 e. The van der Waals surface area contributed by atoms with E-state index in [-0.39, 0.29) is 0 Å². The minimum atomic E-state index is 0.781. The second kappa shape index (κ2) is 10.1. The van der Waals surface area contributed by atoms with Crippen LogP contribution in [-0.4, -0.2) is 13.2 Å². The number of unbranched alkanes of at least 4 members (excludes halogenated alkanes) is 1. The van der Waals surface area contributed by atoms with Crippen molar-refractivity contribution in [2.75, 3.05) is 13.2 Å². The Labute approximate surface area is 74.9 Å². The van der Waals surface area contributed by atoms with Crippen LogP contribution in [0.25, 0.3) is 0 Å². The Morgan fingerprint density at radius 1 is 0.833 bits per heavy atom. The summed E-state index contributed by atoms with van der Waals surface area (Å²) in [5, 5.41) is 0. The van der Waals surface area contributed by atoms with Crippen LogP contribution < -0.4 is 0 Å². The Kier molecular flexibility index (Phi) is 9.31. The summed E-state index contributed by atoms with van der Waals surface area (Å²) in [5.74, 6) is 0. The van der Waals surface area contributed by atoms with Crippen molar-refractivity contribution in [3.05, 3.63) is 24.7 Å². The van der Waals surface area contributed by atoms with Crippen LogP contribution in [0.3, 0.4) is 0 Å². The molecule has 0 fully saturated rings. The number of allylic oxidation sites excluding steroid dienone is 2. The molecule has 2 nitrogen and oxygen atoms in total. The molecule has 0 heterocycles. The normalized spacial score (nSPS) is 11.2. The zero-order valence-corrected chi connectivity index (χ0v) is 7.95. The minimum Gasteiger partial charge on any atom is -0.502 e. The van der Waals surface area contributed by atoms with Gasteiger partial charge in [0.15, 0.2) is 0 Å². The van der Waals surface area contributed by atoms with Crippen molar-refractivity contribution in [2.45, 2.75) is 26.7 Å². The molecule has 0 unspecified atom stereocenters. The van der Waals surface area contributed by atoms with Gasteiger partial charge in [-0.25, -0.2) is 0 Å². The molecular weight excluding hydrogens is 152 g/mol. The maximum Gasteiger partial charge on any atom is 0.0874 e. The molecule has 0 saturated heterocycles. The summed E-state index contributed by atoms with van der Waals surface area (Å²) in [4.78, 5) is 0. The maximum absolute atomic E-state index is 5.14. The Morgan fingerprint density at radius 2 is 1.25 bits per heavy atom. The first kappa shape index (κ1) is 11.1. The van der Waals surface area contributed by atoms with E-state index < -0.39 is 0 Å². The summed E-state index contributed by atoms with van der Waals surface area (Å²) < 4.78 is 10.3. The lowest BCUT2D eigenvalue weighted by molar-refractivity contribution is 0.205. The number of hydrogen-bond acceptors (Lipinski definition) is 2. The standard InChI is InChI=1S/C10H18O2/c1-3-7-11-9-5-6-10-12-8-4-2/h3-4,7-8H,5-6,9-10H2,1-2H3/b7-3-,8-4+. The predicted octanol–water partition coefficient (Wildman–Crippen LogP) is 2.87. The van der Waals surface area contributed by atoms with E-state index in [0.29, 0.717) is 0 Å². The first-order valence-corrected chi connectivity index (χ1v) is 4.37. The molecule has 0 amide bonds. The minimum absolute atomic E-state index is 0.781. The molecule has 0 aliphatic heterocycles. The second-order valence-electron chi connectivity index (χ2n) is 2.39. The summed E-state index contributed by atoms with van der Waals surface area (Å²) in [6, 6.07) is 0. The van der Waals surface area contributed by atoms with Crippen molar-refractivity contribution in [3.63, 3.8) is 0 Å². The SMILES string of the molecule is C/C=C\OCCCCO/C=C/C. The van der Waals surface area contributed by atoms with Gasteiger partial charge < -0.3 is 9.47 Å². The smallest absolute Gasteiger partial charge is 0.0874 e. The Bertz CT molecular complexity index is 112. The third-order valence-corrected chi connectivity index (χ3v) is 1.24. The molecule has 0 radical (unpaired) electrons. The Hall–Kier alpha value is -0.920. The van der Waals surface area contributed by atoms with Crippen molar-refractivity contribution < 1.29 is 9.47 Å². The molecule has 0 spiro atoms.